The molecule has 22 heavy (non-hydrogen) atoms. The number of hydrogen-bond acceptors (Lipinski definition) is 3. The number of nitrogens with zero attached hydrogens (tertiary/aromatic N) is 1. The second kappa shape index (κ2) is 7.63. The molecule has 0 unspecified atom stereocenters. The molecule has 1 atom stereocenters. The van der Waals surface area contributed by atoms with E-state index in [2.05, 4.69) is 20.8 Å². The molecular weight excluding hydrogens is 323 g/mol. The van der Waals surface area contributed by atoms with E-state index in [0.717, 1.165) is 31.5 Å². The molecule has 2 heterocycles. The number of halogens is 2. The highest BCUT2D eigenvalue weighted by Crippen LogP contribution is 2.26. The molecule has 1 aromatic heterocycles. The summed E-state index contributed by atoms with van der Waals surface area (Å²) in [6.07, 6.45) is 2.09. The summed E-state index contributed by atoms with van der Waals surface area (Å²) in [4.78, 5) is 12.2. The van der Waals surface area contributed by atoms with Crippen LogP contribution in [0.1, 0.15) is 23.3 Å². The Kier molecular flexibility index (Phi) is 5.83. The maximum absolute atomic E-state index is 12.2. The molecule has 0 aliphatic carbocycles. The predicted octanol–water partition coefficient (Wildman–Crippen LogP) is 2.63. The number of hydrogen-bond donors (Lipinski definition) is 3. The van der Waals surface area contributed by atoms with Crippen molar-refractivity contribution in [3.05, 3.63) is 41.0 Å². The molecule has 1 saturated heterocycles. The van der Waals surface area contributed by atoms with Gasteiger partial charge in [-0.25, -0.2) is 0 Å². The van der Waals surface area contributed by atoms with Crippen molar-refractivity contribution in [3.63, 3.8) is 0 Å². The number of benzene rings is 1. The summed E-state index contributed by atoms with van der Waals surface area (Å²) in [6.45, 7) is 1.84. The number of nitrogens with one attached hydrogen (secondary N) is 3. The van der Waals surface area contributed by atoms with Crippen LogP contribution in [0.4, 0.5) is 0 Å². The van der Waals surface area contributed by atoms with Gasteiger partial charge < -0.3 is 10.6 Å². The second-order valence-electron chi connectivity index (χ2n) is 5.16. The Bertz CT molecular complexity index is 638. The molecule has 0 bridgehead atoms. The summed E-state index contributed by atoms with van der Waals surface area (Å²) in [7, 11) is 0. The highest BCUT2D eigenvalue weighted by Gasteiger charge is 2.18. The monoisotopic (exact) mass is 340 g/mol. The molecule has 118 valence electrons. The normalized spacial score (nSPS) is 17.6. The van der Waals surface area contributed by atoms with Crippen molar-refractivity contribution in [2.75, 3.05) is 13.1 Å². The minimum absolute atomic E-state index is 0. The Morgan fingerprint density at radius 1 is 1.36 bits per heavy atom. The molecule has 2 aromatic rings. The lowest BCUT2D eigenvalue weighted by atomic mass is 10.1. The van der Waals surface area contributed by atoms with E-state index in [0.29, 0.717) is 16.4 Å². The van der Waals surface area contributed by atoms with Gasteiger partial charge in [-0.15, -0.1) is 12.4 Å². The van der Waals surface area contributed by atoms with E-state index >= 15 is 0 Å². The van der Waals surface area contributed by atoms with Crippen molar-refractivity contribution in [2.24, 2.45) is 0 Å². The number of H-pyrrole nitrogens is 1. The van der Waals surface area contributed by atoms with E-state index in [1.165, 1.54) is 0 Å². The van der Waals surface area contributed by atoms with Crippen molar-refractivity contribution in [2.45, 2.75) is 18.9 Å². The summed E-state index contributed by atoms with van der Waals surface area (Å²) in [5, 5.41) is 13.9. The van der Waals surface area contributed by atoms with Gasteiger partial charge in [-0.2, -0.15) is 5.10 Å². The van der Waals surface area contributed by atoms with Gasteiger partial charge in [-0.05, 0) is 31.5 Å². The van der Waals surface area contributed by atoms with Crippen molar-refractivity contribution < 1.29 is 4.79 Å². The summed E-state index contributed by atoms with van der Waals surface area (Å²) in [5.74, 6) is -0.130. The van der Waals surface area contributed by atoms with Gasteiger partial charge in [-0.3, -0.25) is 9.89 Å². The number of amides is 1. The first-order valence-corrected chi connectivity index (χ1v) is 7.44. The largest absolute Gasteiger partial charge is 0.347 e. The van der Waals surface area contributed by atoms with Crippen LogP contribution in [0.25, 0.3) is 11.3 Å². The van der Waals surface area contributed by atoms with Gasteiger partial charge in [0.1, 0.15) is 5.69 Å². The summed E-state index contributed by atoms with van der Waals surface area (Å²) < 4.78 is 0. The minimum Gasteiger partial charge on any atom is -0.347 e. The zero-order valence-corrected chi connectivity index (χ0v) is 13.5. The third-order valence-corrected chi connectivity index (χ3v) is 3.93. The summed E-state index contributed by atoms with van der Waals surface area (Å²) in [5.41, 5.74) is 1.94. The SMILES string of the molecule is Cl.O=C(N[C@H]1CCCNC1)c1cc(-c2ccccc2Cl)n[nH]1. The number of carbonyl (C=O) groups is 1. The van der Waals surface area contributed by atoms with E-state index in [1.54, 1.807) is 12.1 Å². The Hall–Kier alpha value is -1.56. The van der Waals surface area contributed by atoms with Crippen molar-refractivity contribution in [1.29, 1.82) is 0 Å². The second-order valence-corrected chi connectivity index (χ2v) is 5.57. The van der Waals surface area contributed by atoms with Crippen LogP contribution in [-0.4, -0.2) is 35.2 Å². The smallest absolute Gasteiger partial charge is 0.269 e. The summed E-state index contributed by atoms with van der Waals surface area (Å²) in [6, 6.07) is 9.35. The molecule has 3 N–H and O–H groups in total. The predicted molar refractivity (Wildman–Crippen MR) is 89.6 cm³/mol. The van der Waals surface area contributed by atoms with Crippen molar-refractivity contribution in [1.82, 2.24) is 20.8 Å². The Morgan fingerprint density at radius 3 is 2.91 bits per heavy atom. The minimum atomic E-state index is -0.130. The molecule has 1 aliphatic heterocycles. The molecule has 0 radical (unpaired) electrons. The van der Waals surface area contributed by atoms with Gasteiger partial charge in [0, 0.05) is 18.2 Å². The van der Waals surface area contributed by atoms with Gasteiger partial charge >= 0.3 is 0 Å². The third-order valence-electron chi connectivity index (χ3n) is 3.60. The van der Waals surface area contributed by atoms with Crippen LogP contribution in [0, 0.1) is 0 Å². The molecule has 0 spiro atoms. The Morgan fingerprint density at radius 2 is 2.18 bits per heavy atom. The summed E-state index contributed by atoms with van der Waals surface area (Å²) >= 11 is 6.14. The fourth-order valence-electron chi connectivity index (χ4n) is 2.48. The van der Waals surface area contributed by atoms with E-state index in [4.69, 9.17) is 11.6 Å². The van der Waals surface area contributed by atoms with Crippen LogP contribution in [0.15, 0.2) is 30.3 Å². The number of aromatic amines is 1. The van der Waals surface area contributed by atoms with E-state index < -0.39 is 0 Å². The van der Waals surface area contributed by atoms with E-state index in [-0.39, 0.29) is 24.4 Å². The maximum atomic E-state index is 12.2. The molecule has 0 saturated carbocycles. The molecular formula is C15H18Cl2N4O. The van der Waals surface area contributed by atoms with Gasteiger partial charge in [0.15, 0.2) is 0 Å². The van der Waals surface area contributed by atoms with Crippen LogP contribution >= 0.6 is 24.0 Å². The first kappa shape index (κ1) is 16.8. The third kappa shape index (κ3) is 3.80. The van der Waals surface area contributed by atoms with Crippen LogP contribution in [0.2, 0.25) is 5.02 Å². The molecule has 1 amide bonds. The Labute approximate surface area is 140 Å². The van der Waals surface area contributed by atoms with Gasteiger partial charge in [0.25, 0.3) is 5.91 Å². The number of aromatic nitrogens is 2. The van der Waals surface area contributed by atoms with Crippen molar-refractivity contribution >= 4 is 29.9 Å². The zero-order chi connectivity index (χ0) is 14.7. The zero-order valence-electron chi connectivity index (χ0n) is 11.9. The van der Waals surface area contributed by atoms with Gasteiger partial charge in [0.05, 0.1) is 10.7 Å². The highest BCUT2D eigenvalue weighted by molar-refractivity contribution is 6.33. The molecule has 3 rings (SSSR count). The van der Waals surface area contributed by atoms with Crippen molar-refractivity contribution in [3.8, 4) is 11.3 Å². The van der Waals surface area contributed by atoms with Gasteiger partial charge in [-0.1, -0.05) is 29.8 Å². The standard InChI is InChI=1S/C15H17ClN4O.ClH/c16-12-6-2-1-5-11(12)13-8-14(20-19-13)15(21)18-10-4-3-7-17-9-10;/h1-2,5-6,8,10,17H,3-4,7,9H2,(H,18,21)(H,19,20);1H/t10-;/m0./s1. The van der Waals surface area contributed by atoms with Crippen LogP contribution < -0.4 is 10.6 Å². The van der Waals surface area contributed by atoms with Gasteiger partial charge in [0.2, 0.25) is 0 Å². The van der Waals surface area contributed by atoms with Crippen LogP contribution in [-0.2, 0) is 0 Å². The van der Waals surface area contributed by atoms with E-state index in [1.807, 2.05) is 18.2 Å². The first-order valence-electron chi connectivity index (χ1n) is 7.06. The Balaban J connectivity index is 0.00000176. The van der Waals surface area contributed by atoms with Crippen LogP contribution in [0.5, 0.6) is 0 Å². The highest BCUT2D eigenvalue weighted by atomic mass is 35.5. The average Bonchev–Trinajstić information content (AvgIpc) is 2.98. The number of piperidine rings is 1. The quantitative estimate of drug-likeness (QED) is 0.804. The topological polar surface area (TPSA) is 69.8 Å². The maximum Gasteiger partial charge on any atom is 0.269 e. The fraction of sp³-hybridized carbons (Fsp3) is 0.333. The first-order chi connectivity index (χ1) is 10.2. The van der Waals surface area contributed by atoms with Crippen LogP contribution in [0.3, 0.4) is 0 Å². The number of rotatable bonds is 3. The average molecular weight is 341 g/mol. The lowest BCUT2D eigenvalue weighted by Crippen LogP contribution is -2.45. The lowest BCUT2D eigenvalue weighted by molar-refractivity contribution is 0.0925. The molecule has 1 aromatic carbocycles. The lowest BCUT2D eigenvalue weighted by Gasteiger charge is -2.23. The molecule has 7 heteroatoms. The molecule has 1 fully saturated rings. The molecule has 5 nitrogen and oxygen atoms in total. The number of carbonyl (C=O) groups excluding carboxylic acids is 1. The molecule has 1 aliphatic rings. The van der Waals surface area contributed by atoms with E-state index in [9.17, 15) is 4.79 Å². The fourth-order valence-corrected chi connectivity index (χ4v) is 2.72.